The Morgan fingerprint density at radius 1 is 1.21 bits per heavy atom. The van der Waals surface area contributed by atoms with E-state index in [9.17, 15) is 19.7 Å². The smallest absolute Gasteiger partial charge is 0.283 e. The number of aromatic amines is 1. The summed E-state index contributed by atoms with van der Waals surface area (Å²) < 4.78 is 1.31. The number of aromatic nitrogens is 3. The summed E-state index contributed by atoms with van der Waals surface area (Å²) in [5, 5.41) is 12.0. The summed E-state index contributed by atoms with van der Waals surface area (Å²) in [7, 11) is 0. The van der Waals surface area contributed by atoms with Crippen LogP contribution >= 0.6 is 11.8 Å². The Labute approximate surface area is 161 Å². The largest absolute Gasteiger partial charge is 0.369 e. The highest BCUT2D eigenvalue weighted by Gasteiger charge is 2.18. The minimum atomic E-state index is -0.548. The minimum Gasteiger partial charge on any atom is -0.369 e. The maximum absolute atomic E-state index is 13.2. The van der Waals surface area contributed by atoms with Crippen LogP contribution < -0.4 is 11.3 Å². The Hall–Kier alpha value is -3.66. The molecule has 0 unspecified atom stereocenters. The molecule has 0 saturated carbocycles. The molecule has 0 atom stereocenters. The molecule has 140 valence electrons. The normalized spacial score (nSPS) is 11.1. The summed E-state index contributed by atoms with van der Waals surface area (Å²) in [6.07, 6.45) is 0. The highest BCUT2D eigenvalue weighted by molar-refractivity contribution is 7.99. The van der Waals surface area contributed by atoms with Gasteiger partial charge >= 0.3 is 0 Å². The Morgan fingerprint density at radius 2 is 1.93 bits per heavy atom. The van der Waals surface area contributed by atoms with Crippen LogP contribution in [0.3, 0.4) is 0 Å². The van der Waals surface area contributed by atoms with Crippen LogP contribution in [0.2, 0.25) is 0 Å². The molecule has 2 aromatic heterocycles. The number of nitrogens with one attached hydrogen (secondary N) is 1. The molecular formula is C18H13N5O4S. The van der Waals surface area contributed by atoms with Crippen molar-refractivity contribution in [1.82, 2.24) is 14.5 Å². The van der Waals surface area contributed by atoms with Gasteiger partial charge in [0, 0.05) is 23.0 Å². The first-order valence-electron chi connectivity index (χ1n) is 8.15. The number of para-hydroxylation sites is 1. The van der Waals surface area contributed by atoms with Crippen molar-refractivity contribution in [3.05, 3.63) is 69.0 Å². The van der Waals surface area contributed by atoms with Gasteiger partial charge in [-0.2, -0.15) is 0 Å². The van der Waals surface area contributed by atoms with E-state index in [1.54, 1.807) is 0 Å². The Bertz CT molecular complexity index is 1290. The molecule has 28 heavy (non-hydrogen) atoms. The molecule has 0 saturated heterocycles. The molecule has 4 aromatic rings. The number of thioether (sulfide) groups is 1. The van der Waals surface area contributed by atoms with E-state index < -0.39 is 10.8 Å². The number of non-ortho nitro benzene ring substituents is 1. The molecule has 10 heteroatoms. The lowest BCUT2D eigenvalue weighted by atomic mass is 10.2. The van der Waals surface area contributed by atoms with Crippen LogP contribution in [0.15, 0.2) is 58.5 Å². The van der Waals surface area contributed by atoms with Gasteiger partial charge in [-0.3, -0.25) is 24.3 Å². The van der Waals surface area contributed by atoms with Crippen LogP contribution in [0.4, 0.5) is 5.69 Å². The van der Waals surface area contributed by atoms with Gasteiger partial charge < -0.3 is 10.7 Å². The lowest BCUT2D eigenvalue weighted by molar-refractivity contribution is -0.384. The number of primary amides is 1. The monoisotopic (exact) mass is 395 g/mol. The van der Waals surface area contributed by atoms with E-state index in [4.69, 9.17) is 5.73 Å². The van der Waals surface area contributed by atoms with E-state index in [0.29, 0.717) is 16.7 Å². The Morgan fingerprint density at radius 3 is 2.61 bits per heavy atom. The second-order valence-electron chi connectivity index (χ2n) is 5.96. The number of nitrogens with zero attached hydrogens (tertiary/aromatic N) is 3. The van der Waals surface area contributed by atoms with E-state index in [1.165, 1.54) is 28.8 Å². The van der Waals surface area contributed by atoms with Crippen LogP contribution in [0.1, 0.15) is 0 Å². The van der Waals surface area contributed by atoms with E-state index in [0.717, 1.165) is 22.7 Å². The van der Waals surface area contributed by atoms with Gasteiger partial charge in [0.05, 0.1) is 16.4 Å². The number of nitrogens with two attached hydrogens (primary N) is 1. The second-order valence-corrected chi connectivity index (χ2v) is 6.90. The number of fused-ring (bicyclic) bond motifs is 3. The van der Waals surface area contributed by atoms with E-state index in [2.05, 4.69) is 9.97 Å². The fourth-order valence-electron chi connectivity index (χ4n) is 2.93. The molecule has 3 N–H and O–H groups in total. The number of hydrogen-bond donors (Lipinski definition) is 2. The van der Waals surface area contributed by atoms with Crippen LogP contribution in [-0.4, -0.2) is 31.1 Å². The first-order chi connectivity index (χ1) is 13.5. The van der Waals surface area contributed by atoms with Crippen molar-refractivity contribution in [2.24, 2.45) is 5.73 Å². The predicted molar refractivity (Wildman–Crippen MR) is 106 cm³/mol. The maximum atomic E-state index is 13.2. The van der Waals surface area contributed by atoms with Gasteiger partial charge in [0.2, 0.25) is 5.91 Å². The third kappa shape index (κ3) is 2.99. The summed E-state index contributed by atoms with van der Waals surface area (Å²) in [4.78, 5) is 42.5. The number of hydrogen-bond acceptors (Lipinski definition) is 6. The lowest BCUT2D eigenvalue weighted by Crippen LogP contribution is -2.23. The number of carbonyl (C=O) groups is 1. The van der Waals surface area contributed by atoms with Crippen LogP contribution in [0, 0.1) is 10.1 Å². The van der Waals surface area contributed by atoms with E-state index in [1.807, 2.05) is 24.3 Å². The molecular weight excluding hydrogens is 382 g/mol. The van der Waals surface area contributed by atoms with Crippen LogP contribution in [0.25, 0.3) is 27.6 Å². The zero-order chi connectivity index (χ0) is 19.8. The minimum absolute atomic E-state index is 0.0622. The summed E-state index contributed by atoms with van der Waals surface area (Å²) in [6.45, 7) is 0. The van der Waals surface area contributed by atoms with Crippen LogP contribution in [-0.2, 0) is 4.79 Å². The average Bonchev–Trinajstić information content (AvgIpc) is 3.06. The molecule has 2 aromatic carbocycles. The Balaban J connectivity index is 1.99. The predicted octanol–water partition coefficient (Wildman–Crippen LogP) is 2.35. The highest BCUT2D eigenvalue weighted by atomic mass is 32.2. The lowest BCUT2D eigenvalue weighted by Gasteiger charge is -2.11. The van der Waals surface area contributed by atoms with Crippen molar-refractivity contribution in [2.45, 2.75) is 5.16 Å². The Kier molecular flexibility index (Phi) is 4.32. The average molecular weight is 395 g/mol. The van der Waals surface area contributed by atoms with Gasteiger partial charge in [0.1, 0.15) is 11.0 Å². The molecule has 0 aliphatic heterocycles. The van der Waals surface area contributed by atoms with Gasteiger partial charge in [-0.25, -0.2) is 4.98 Å². The number of H-pyrrole nitrogens is 1. The molecule has 1 amide bonds. The summed E-state index contributed by atoms with van der Waals surface area (Å²) in [5.41, 5.74) is 6.74. The molecule has 9 nitrogen and oxygen atoms in total. The summed E-state index contributed by atoms with van der Waals surface area (Å²) in [6, 6.07) is 12.9. The molecule has 2 heterocycles. The number of nitro groups is 1. The standard InChI is InChI=1S/C18H13N5O4S/c19-14(24)9-28-18-21-15-12-3-1-2-4-13(12)20-16(15)17(25)22(18)10-5-7-11(8-6-10)23(26)27/h1-8,20H,9H2,(H2,19,24). The van der Waals surface area contributed by atoms with Crippen molar-refractivity contribution in [2.75, 3.05) is 5.75 Å². The molecule has 0 fully saturated rings. The van der Waals surface area contributed by atoms with Crippen molar-refractivity contribution >= 4 is 45.3 Å². The third-order valence-electron chi connectivity index (χ3n) is 4.16. The topological polar surface area (TPSA) is 137 Å². The summed E-state index contributed by atoms with van der Waals surface area (Å²) >= 11 is 1.03. The SMILES string of the molecule is NC(=O)CSc1nc2c([nH]c3ccccc32)c(=O)n1-c1ccc([N+](=O)[O-])cc1. The van der Waals surface area contributed by atoms with Crippen molar-refractivity contribution in [3.63, 3.8) is 0 Å². The first-order valence-corrected chi connectivity index (χ1v) is 9.13. The number of nitro benzene ring substituents is 1. The number of rotatable bonds is 5. The highest BCUT2D eigenvalue weighted by Crippen LogP contribution is 2.26. The zero-order valence-electron chi connectivity index (χ0n) is 14.3. The number of carbonyl (C=O) groups excluding carboxylic acids is 1. The van der Waals surface area contributed by atoms with Gasteiger partial charge in [0.25, 0.3) is 11.2 Å². The first kappa shape index (κ1) is 17.7. The molecule has 0 bridgehead atoms. The van der Waals surface area contributed by atoms with Crippen molar-refractivity contribution in [3.8, 4) is 5.69 Å². The fourth-order valence-corrected chi connectivity index (χ4v) is 3.67. The fraction of sp³-hybridized carbons (Fsp3) is 0.0556. The van der Waals surface area contributed by atoms with Crippen molar-refractivity contribution in [1.29, 1.82) is 0 Å². The van der Waals surface area contributed by atoms with Gasteiger partial charge in [0.15, 0.2) is 5.16 Å². The van der Waals surface area contributed by atoms with Gasteiger partial charge in [-0.05, 0) is 18.2 Å². The molecule has 0 spiro atoms. The van der Waals surface area contributed by atoms with E-state index >= 15 is 0 Å². The van der Waals surface area contributed by atoms with E-state index in [-0.39, 0.29) is 22.2 Å². The van der Waals surface area contributed by atoms with Crippen LogP contribution in [0.5, 0.6) is 0 Å². The van der Waals surface area contributed by atoms with Crippen molar-refractivity contribution < 1.29 is 9.72 Å². The zero-order valence-corrected chi connectivity index (χ0v) is 15.1. The second kappa shape index (κ2) is 6.82. The summed E-state index contributed by atoms with van der Waals surface area (Å²) in [5.74, 6) is -0.610. The van der Waals surface area contributed by atoms with Gasteiger partial charge in [-0.15, -0.1) is 0 Å². The molecule has 0 aliphatic rings. The third-order valence-corrected chi connectivity index (χ3v) is 5.12. The molecule has 0 radical (unpaired) electrons. The molecule has 4 rings (SSSR count). The number of amides is 1. The van der Waals surface area contributed by atoms with Gasteiger partial charge in [-0.1, -0.05) is 30.0 Å². The quantitative estimate of drug-likeness (QED) is 0.230. The molecule has 0 aliphatic carbocycles. The maximum Gasteiger partial charge on any atom is 0.283 e. The number of benzene rings is 2.